The lowest BCUT2D eigenvalue weighted by Gasteiger charge is -2.20. The van der Waals surface area contributed by atoms with Crippen molar-refractivity contribution in [1.82, 2.24) is 19.1 Å². The van der Waals surface area contributed by atoms with E-state index >= 15 is 0 Å². The van der Waals surface area contributed by atoms with Crippen LogP contribution < -0.4 is 10.2 Å². The van der Waals surface area contributed by atoms with Crippen molar-refractivity contribution in [3.8, 4) is 5.69 Å². The van der Waals surface area contributed by atoms with Crippen molar-refractivity contribution in [2.75, 3.05) is 44.2 Å². The van der Waals surface area contributed by atoms with Crippen molar-refractivity contribution in [2.24, 2.45) is 0 Å². The summed E-state index contributed by atoms with van der Waals surface area (Å²) in [6.45, 7) is 0. The highest BCUT2D eigenvalue weighted by Gasteiger charge is 2.20. The number of hydrogen-bond donors (Lipinski definition) is 1. The van der Waals surface area contributed by atoms with Crippen LogP contribution in [0, 0.1) is 0 Å². The lowest BCUT2D eigenvalue weighted by atomic mass is 10.2. The van der Waals surface area contributed by atoms with Crippen LogP contribution in [-0.4, -0.2) is 67.3 Å². The highest BCUT2D eigenvalue weighted by molar-refractivity contribution is 7.99. The average molecular weight is 461 g/mol. The number of anilines is 2. The number of carbonyl (C=O) groups is 1. The maximum atomic E-state index is 12.7. The zero-order valence-electron chi connectivity index (χ0n) is 17.7. The van der Waals surface area contributed by atoms with E-state index in [1.165, 1.54) is 38.0 Å². The van der Waals surface area contributed by atoms with E-state index in [1.54, 1.807) is 21.9 Å². The molecule has 0 atom stereocenters. The van der Waals surface area contributed by atoms with E-state index in [-0.39, 0.29) is 16.6 Å². The van der Waals surface area contributed by atoms with Crippen molar-refractivity contribution in [3.63, 3.8) is 0 Å². The number of benzene rings is 2. The van der Waals surface area contributed by atoms with Crippen molar-refractivity contribution < 1.29 is 13.2 Å². The number of carbonyl (C=O) groups excluding carboxylic acids is 1. The monoisotopic (exact) mass is 460 g/mol. The fraction of sp³-hybridized carbons (Fsp3) is 0.250. The standard InChI is InChI=1S/C20H24N6O3S2/c1-24(2)18-11-10-16(31(28,29)25(3)4)12-17(18)22-19(27)13-30-20-23-21-14-26(20)15-8-6-5-7-9-15/h5-12,14H,13H2,1-4H3,(H,22,27). The molecule has 0 saturated heterocycles. The van der Waals surface area contributed by atoms with Gasteiger partial charge in [0.25, 0.3) is 0 Å². The highest BCUT2D eigenvalue weighted by Crippen LogP contribution is 2.29. The molecule has 0 unspecified atom stereocenters. The molecule has 0 aliphatic heterocycles. The zero-order chi connectivity index (χ0) is 22.6. The van der Waals surface area contributed by atoms with Gasteiger partial charge in [0.05, 0.1) is 22.0 Å². The van der Waals surface area contributed by atoms with E-state index in [0.29, 0.717) is 16.5 Å². The molecule has 9 nitrogen and oxygen atoms in total. The largest absolute Gasteiger partial charge is 0.376 e. The molecular weight excluding hydrogens is 436 g/mol. The van der Waals surface area contributed by atoms with Gasteiger partial charge in [-0.15, -0.1) is 10.2 Å². The molecule has 1 N–H and O–H groups in total. The van der Waals surface area contributed by atoms with Crippen LogP contribution in [0.4, 0.5) is 11.4 Å². The molecule has 11 heteroatoms. The fourth-order valence-electron chi connectivity index (χ4n) is 2.78. The fourth-order valence-corrected chi connectivity index (χ4v) is 4.44. The Morgan fingerprint density at radius 1 is 1.10 bits per heavy atom. The predicted octanol–water partition coefficient (Wildman–Crippen LogP) is 2.31. The summed E-state index contributed by atoms with van der Waals surface area (Å²) in [5.74, 6) is -0.196. The van der Waals surface area contributed by atoms with Crippen molar-refractivity contribution in [3.05, 3.63) is 54.9 Å². The average Bonchev–Trinajstić information content (AvgIpc) is 3.21. The number of aromatic nitrogens is 3. The van der Waals surface area contributed by atoms with Gasteiger partial charge >= 0.3 is 0 Å². The van der Waals surface area contributed by atoms with Gasteiger partial charge in [0.2, 0.25) is 15.9 Å². The molecule has 0 spiro atoms. The molecule has 0 radical (unpaired) electrons. The number of para-hydroxylation sites is 1. The number of nitrogens with one attached hydrogen (secondary N) is 1. The van der Waals surface area contributed by atoms with Gasteiger partial charge in [0, 0.05) is 33.9 Å². The predicted molar refractivity (Wildman–Crippen MR) is 122 cm³/mol. The van der Waals surface area contributed by atoms with Crippen molar-refractivity contribution in [2.45, 2.75) is 10.1 Å². The number of hydrogen-bond acceptors (Lipinski definition) is 7. The Hall–Kier alpha value is -2.89. The summed E-state index contributed by atoms with van der Waals surface area (Å²) in [7, 11) is 2.95. The van der Waals surface area contributed by atoms with Gasteiger partial charge in [-0.1, -0.05) is 30.0 Å². The molecule has 1 aromatic heterocycles. The lowest BCUT2D eigenvalue weighted by Crippen LogP contribution is -2.23. The Morgan fingerprint density at radius 2 is 1.81 bits per heavy atom. The summed E-state index contributed by atoms with van der Waals surface area (Å²) >= 11 is 1.24. The number of thioether (sulfide) groups is 1. The van der Waals surface area contributed by atoms with Crippen LogP contribution in [0.3, 0.4) is 0 Å². The Bertz CT molecular complexity index is 1160. The summed E-state index contributed by atoms with van der Waals surface area (Å²) < 4.78 is 27.9. The van der Waals surface area contributed by atoms with Gasteiger partial charge in [-0.05, 0) is 30.3 Å². The van der Waals surface area contributed by atoms with Crippen LogP contribution in [-0.2, 0) is 14.8 Å². The van der Waals surface area contributed by atoms with Crippen LogP contribution >= 0.6 is 11.8 Å². The molecule has 0 saturated carbocycles. The second-order valence-corrected chi connectivity index (χ2v) is 10.1. The first kappa shape index (κ1) is 22.8. The van der Waals surface area contributed by atoms with Crippen LogP contribution in [0.2, 0.25) is 0 Å². The molecule has 1 amide bonds. The van der Waals surface area contributed by atoms with Crippen LogP contribution in [0.25, 0.3) is 5.69 Å². The van der Waals surface area contributed by atoms with E-state index in [4.69, 9.17) is 0 Å². The second kappa shape index (κ2) is 9.50. The molecule has 0 bridgehead atoms. The molecule has 2 aromatic carbocycles. The van der Waals surface area contributed by atoms with Gasteiger partial charge in [0.1, 0.15) is 6.33 Å². The maximum Gasteiger partial charge on any atom is 0.242 e. The van der Waals surface area contributed by atoms with Gasteiger partial charge in [0.15, 0.2) is 5.16 Å². The minimum Gasteiger partial charge on any atom is -0.376 e. The third kappa shape index (κ3) is 5.24. The van der Waals surface area contributed by atoms with Gasteiger partial charge < -0.3 is 10.2 Å². The van der Waals surface area contributed by atoms with E-state index in [0.717, 1.165) is 9.99 Å². The Labute approximate surface area is 186 Å². The maximum absolute atomic E-state index is 12.7. The highest BCUT2D eigenvalue weighted by atomic mass is 32.2. The van der Waals surface area contributed by atoms with E-state index in [1.807, 2.05) is 44.4 Å². The minimum absolute atomic E-state index is 0.0864. The zero-order valence-corrected chi connectivity index (χ0v) is 19.3. The van der Waals surface area contributed by atoms with Crippen LogP contribution in [0.5, 0.6) is 0 Å². The molecule has 31 heavy (non-hydrogen) atoms. The third-order valence-corrected chi connectivity index (χ3v) is 7.14. The molecule has 0 fully saturated rings. The summed E-state index contributed by atoms with van der Waals surface area (Å²) in [4.78, 5) is 14.6. The van der Waals surface area contributed by atoms with E-state index < -0.39 is 10.0 Å². The van der Waals surface area contributed by atoms with Gasteiger partial charge in [-0.25, -0.2) is 12.7 Å². The molecule has 164 valence electrons. The minimum atomic E-state index is -3.62. The molecule has 0 aliphatic rings. The molecule has 3 rings (SSSR count). The second-order valence-electron chi connectivity index (χ2n) is 7.02. The molecular formula is C20H24N6O3S2. The molecule has 1 heterocycles. The number of nitrogens with zero attached hydrogens (tertiary/aromatic N) is 5. The van der Waals surface area contributed by atoms with Crippen LogP contribution in [0.1, 0.15) is 0 Å². The summed E-state index contributed by atoms with van der Waals surface area (Å²) in [6.07, 6.45) is 1.59. The quantitative estimate of drug-likeness (QED) is 0.515. The Morgan fingerprint density at radius 3 is 2.45 bits per heavy atom. The number of rotatable bonds is 8. The lowest BCUT2D eigenvalue weighted by molar-refractivity contribution is -0.113. The van der Waals surface area contributed by atoms with Gasteiger partial charge in [-0.3, -0.25) is 9.36 Å². The number of sulfonamides is 1. The van der Waals surface area contributed by atoms with E-state index in [2.05, 4.69) is 15.5 Å². The molecule has 3 aromatic rings. The summed E-state index contributed by atoms with van der Waals surface area (Å²) in [5, 5.41) is 11.4. The first-order valence-corrected chi connectivity index (χ1v) is 11.7. The van der Waals surface area contributed by atoms with E-state index in [9.17, 15) is 13.2 Å². The Kier molecular flexibility index (Phi) is 6.98. The normalized spacial score (nSPS) is 11.5. The first-order chi connectivity index (χ1) is 14.7. The molecule has 0 aliphatic carbocycles. The van der Waals surface area contributed by atoms with Crippen molar-refractivity contribution in [1.29, 1.82) is 0 Å². The smallest absolute Gasteiger partial charge is 0.242 e. The summed E-state index contributed by atoms with van der Waals surface area (Å²) in [5.41, 5.74) is 2.01. The van der Waals surface area contributed by atoms with Crippen LogP contribution in [0.15, 0.2) is 64.9 Å². The number of amides is 1. The van der Waals surface area contributed by atoms with Crippen molar-refractivity contribution >= 4 is 39.1 Å². The topological polar surface area (TPSA) is 100 Å². The SMILES string of the molecule is CN(C)c1ccc(S(=O)(=O)N(C)C)cc1NC(=O)CSc1nncn1-c1ccccc1. The van der Waals surface area contributed by atoms with Gasteiger partial charge in [-0.2, -0.15) is 0 Å². The summed E-state index contributed by atoms with van der Waals surface area (Å²) in [6, 6.07) is 14.3. The third-order valence-electron chi connectivity index (χ3n) is 4.39. The Balaban J connectivity index is 1.77. The first-order valence-electron chi connectivity index (χ1n) is 9.32.